The number of carbonyl (C=O) groups excluding carboxylic acids is 2. The fraction of sp³-hybridized carbons (Fsp3) is 0.857. The van der Waals surface area contributed by atoms with Crippen LogP contribution in [0.1, 0.15) is 47.0 Å². The average molecular weight is 269 g/mol. The fourth-order valence-corrected chi connectivity index (χ4v) is 2.60. The van der Waals surface area contributed by atoms with Gasteiger partial charge in [0.05, 0.1) is 12.6 Å². The van der Waals surface area contributed by atoms with E-state index in [-0.39, 0.29) is 30.3 Å². The highest BCUT2D eigenvalue weighted by molar-refractivity contribution is 5.87. The number of carbonyl (C=O) groups is 2. The zero-order valence-corrected chi connectivity index (χ0v) is 12.5. The largest absolute Gasteiger partial charge is 0.346 e. The highest BCUT2D eigenvalue weighted by Gasteiger charge is 2.33. The Morgan fingerprint density at radius 1 is 1.37 bits per heavy atom. The Morgan fingerprint density at radius 2 is 2.00 bits per heavy atom. The van der Waals surface area contributed by atoms with Crippen LogP contribution in [0.15, 0.2) is 0 Å². The molecule has 0 aromatic carbocycles. The zero-order chi connectivity index (χ0) is 14.6. The molecular weight excluding hydrogens is 242 g/mol. The molecule has 1 aliphatic rings. The number of hydrogen-bond acceptors (Lipinski definition) is 3. The summed E-state index contributed by atoms with van der Waals surface area (Å²) < 4.78 is 0. The predicted molar refractivity (Wildman–Crippen MR) is 75.4 cm³/mol. The molecule has 0 spiro atoms. The molecule has 19 heavy (non-hydrogen) atoms. The standard InChI is InChI=1S/C14H27N3O2/c1-5-11-7-6-10(4)17(11)12(18)8-16-14(19)13(15)9(2)3/h9-11,13H,5-8,15H2,1-4H3,(H,16,19)/t10?,11?,13-/m0/s1. The summed E-state index contributed by atoms with van der Waals surface area (Å²) in [4.78, 5) is 25.8. The molecule has 5 heteroatoms. The molecule has 1 aliphatic heterocycles. The number of hydrogen-bond donors (Lipinski definition) is 2. The van der Waals surface area contributed by atoms with Crippen LogP contribution in [-0.4, -0.2) is 41.4 Å². The van der Waals surface area contributed by atoms with E-state index in [1.807, 2.05) is 18.7 Å². The van der Waals surface area contributed by atoms with Crippen molar-refractivity contribution < 1.29 is 9.59 Å². The number of rotatable bonds is 5. The molecule has 5 nitrogen and oxygen atoms in total. The van der Waals surface area contributed by atoms with Crippen molar-refractivity contribution in [3.8, 4) is 0 Å². The summed E-state index contributed by atoms with van der Waals surface area (Å²) in [5, 5.41) is 2.65. The van der Waals surface area contributed by atoms with Crippen molar-refractivity contribution in [3.05, 3.63) is 0 Å². The summed E-state index contributed by atoms with van der Waals surface area (Å²) >= 11 is 0. The van der Waals surface area contributed by atoms with Gasteiger partial charge in [-0.3, -0.25) is 9.59 Å². The van der Waals surface area contributed by atoms with Gasteiger partial charge in [-0.25, -0.2) is 0 Å². The van der Waals surface area contributed by atoms with Crippen LogP contribution >= 0.6 is 0 Å². The molecule has 0 bridgehead atoms. The Kier molecular flexibility index (Phi) is 5.79. The molecule has 0 aromatic heterocycles. The van der Waals surface area contributed by atoms with Crippen LogP contribution in [0.3, 0.4) is 0 Å². The minimum absolute atomic E-state index is 0.00107. The van der Waals surface area contributed by atoms with Gasteiger partial charge >= 0.3 is 0 Å². The first-order valence-electron chi connectivity index (χ1n) is 7.22. The van der Waals surface area contributed by atoms with Crippen LogP contribution in [0.25, 0.3) is 0 Å². The van der Waals surface area contributed by atoms with Gasteiger partial charge in [-0.05, 0) is 32.1 Å². The maximum atomic E-state index is 12.2. The number of nitrogens with two attached hydrogens (primary N) is 1. The third-order valence-corrected chi connectivity index (χ3v) is 3.98. The predicted octanol–water partition coefficient (Wildman–Crippen LogP) is 0.875. The van der Waals surface area contributed by atoms with Gasteiger partial charge in [0.15, 0.2) is 0 Å². The molecule has 2 unspecified atom stereocenters. The average Bonchev–Trinajstić information content (AvgIpc) is 2.75. The highest BCUT2D eigenvalue weighted by Crippen LogP contribution is 2.25. The van der Waals surface area contributed by atoms with E-state index < -0.39 is 6.04 Å². The third-order valence-electron chi connectivity index (χ3n) is 3.98. The van der Waals surface area contributed by atoms with Gasteiger partial charge in [-0.2, -0.15) is 0 Å². The Bertz CT molecular complexity index is 331. The van der Waals surface area contributed by atoms with Crippen LogP contribution in [-0.2, 0) is 9.59 Å². The first-order valence-corrected chi connectivity index (χ1v) is 7.22. The monoisotopic (exact) mass is 269 g/mol. The molecule has 1 heterocycles. The van der Waals surface area contributed by atoms with Crippen molar-refractivity contribution in [3.63, 3.8) is 0 Å². The van der Waals surface area contributed by atoms with E-state index >= 15 is 0 Å². The Balaban J connectivity index is 2.49. The molecule has 1 saturated heterocycles. The Hall–Kier alpha value is -1.10. The molecule has 1 fully saturated rings. The number of likely N-dealkylation sites (tertiary alicyclic amines) is 1. The summed E-state index contributed by atoms with van der Waals surface area (Å²) in [6.07, 6.45) is 3.07. The van der Waals surface area contributed by atoms with Gasteiger partial charge in [-0.1, -0.05) is 20.8 Å². The molecule has 3 atom stereocenters. The Morgan fingerprint density at radius 3 is 2.53 bits per heavy atom. The van der Waals surface area contributed by atoms with Crippen LogP contribution in [0, 0.1) is 5.92 Å². The molecule has 0 aromatic rings. The number of nitrogens with one attached hydrogen (secondary N) is 1. The van der Waals surface area contributed by atoms with Gasteiger partial charge in [0.25, 0.3) is 0 Å². The molecule has 0 saturated carbocycles. The van der Waals surface area contributed by atoms with Crippen LogP contribution in [0.5, 0.6) is 0 Å². The van der Waals surface area contributed by atoms with E-state index in [0.717, 1.165) is 19.3 Å². The van der Waals surface area contributed by atoms with E-state index in [0.29, 0.717) is 6.04 Å². The quantitative estimate of drug-likeness (QED) is 0.778. The highest BCUT2D eigenvalue weighted by atomic mass is 16.2. The lowest BCUT2D eigenvalue weighted by Gasteiger charge is -2.28. The van der Waals surface area contributed by atoms with Gasteiger partial charge in [0.2, 0.25) is 11.8 Å². The first-order chi connectivity index (χ1) is 8.88. The van der Waals surface area contributed by atoms with Gasteiger partial charge in [0.1, 0.15) is 0 Å². The normalized spacial score (nSPS) is 24.6. The summed E-state index contributed by atoms with van der Waals surface area (Å²) in [5.41, 5.74) is 5.74. The maximum absolute atomic E-state index is 12.2. The minimum Gasteiger partial charge on any atom is -0.346 e. The lowest BCUT2D eigenvalue weighted by molar-refractivity contribution is -0.135. The van der Waals surface area contributed by atoms with Crippen molar-refractivity contribution in [2.24, 2.45) is 11.7 Å². The van der Waals surface area contributed by atoms with E-state index in [2.05, 4.69) is 19.2 Å². The van der Waals surface area contributed by atoms with Crippen molar-refractivity contribution in [2.75, 3.05) is 6.54 Å². The van der Waals surface area contributed by atoms with Crippen molar-refractivity contribution in [2.45, 2.75) is 65.1 Å². The topological polar surface area (TPSA) is 75.4 Å². The summed E-state index contributed by atoms with van der Waals surface area (Å²) in [6, 6.07) is 0.0390. The second kappa shape index (κ2) is 6.89. The van der Waals surface area contributed by atoms with E-state index in [9.17, 15) is 9.59 Å². The smallest absolute Gasteiger partial charge is 0.242 e. The van der Waals surface area contributed by atoms with Gasteiger partial charge < -0.3 is 16.0 Å². The van der Waals surface area contributed by atoms with Crippen molar-refractivity contribution >= 4 is 11.8 Å². The van der Waals surface area contributed by atoms with E-state index in [4.69, 9.17) is 5.73 Å². The van der Waals surface area contributed by atoms with Gasteiger partial charge in [-0.15, -0.1) is 0 Å². The number of amides is 2. The van der Waals surface area contributed by atoms with Crippen LogP contribution in [0.4, 0.5) is 0 Å². The van der Waals surface area contributed by atoms with Crippen molar-refractivity contribution in [1.82, 2.24) is 10.2 Å². The number of nitrogens with zero attached hydrogens (tertiary/aromatic N) is 1. The molecular formula is C14H27N3O2. The molecule has 0 radical (unpaired) electrons. The molecule has 1 rings (SSSR count). The zero-order valence-electron chi connectivity index (χ0n) is 12.5. The molecule has 0 aliphatic carbocycles. The summed E-state index contributed by atoms with van der Waals surface area (Å²) in [6.45, 7) is 8.00. The van der Waals surface area contributed by atoms with Crippen LogP contribution in [0.2, 0.25) is 0 Å². The molecule has 2 amide bonds. The minimum atomic E-state index is -0.550. The first kappa shape index (κ1) is 16.0. The summed E-state index contributed by atoms with van der Waals surface area (Å²) in [5.74, 6) is -0.173. The fourth-order valence-electron chi connectivity index (χ4n) is 2.60. The third kappa shape index (κ3) is 3.93. The summed E-state index contributed by atoms with van der Waals surface area (Å²) in [7, 11) is 0. The lowest BCUT2D eigenvalue weighted by Crippen LogP contribution is -2.49. The SMILES string of the molecule is CCC1CCC(C)N1C(=O)CNC(=O)[C@@H](N)C(C)C. The second-order valence-corrected chi connectivity index (χ2v) is 5.78. The Labute approximate surface area is 115 Å². The van der Waals surface area contributed by atoms with Crippen molar-refractivity contribution in [1.29, 1.82) is 0 Å². The van der Waals surface area contributed by atoms with E-state index in [1.165, 1.54) is 0 Å². The van der Waals surface area contributed by atoms with Crippen LogP contribution < -0.4 is 11.1 Å². The molecule has 110 valence electrons. The van der Waals surface area contributed by atoms with Gasteiger partial charge in [0, 0.05) is 12.1 Å². The molecule has 3 N–H and O–H groups in total. The maximum Gasteiger partial charge on any atom is 0.242 e. The second-order valence-electron chi connectivity index (χ2n) is 5.78. The van der Waals surface area contributed by atoms with E-state index in [1.54, 1.807) is 0 Å². The lowest BCUT2D eigenvalue weighted by atomic mass is 10.1.